The molecule has 1 aliphatic heterocycles. The molecule has 1 saturated carbocycles. The molecule has 1 aliphatic carbocycles. The van der Waals surface area contributed by atoms with E-state index in [2.05, 4.69) is 4.98 Å². The van der Waals surface area contributed by atoms with Crippen molar-refractivity contribution in [3.8, 4) is 0 Å². The van der Waals surface area contributed by atoms with Crippen molar-refractivity contribution in [2.75, 3.05) is 19.7 Å². The quantitative estimate of drug-likeness (QED) is 0.811. The van der Waals surface area contributed by atoms with E-state index in [1.165, 1.54) is 17.1 Å². The van der Waals surface area contributed by atoms with Crippen molar-refractivity contribution in [1.29, 1.82) is 0 Å². The summed E-state index contributed by atoms with van der Waals surface area (Å²) in [6.07, 6.45) is 4.89. The topological polar surface area (TPSA) is 64.4 Å². The molecule has 1 unspecified atom stereocenters. The van der Waals surface area contributed by atoms with Gasteiger partial charge in [0.15, 0.2) is 5.03 Å². The predicted octanol–water partition coefficient (Wildman–Crippen LogP) is 0.918. The second-order valence-corrected chi connectivity index (χ2v) is 7.67. The molecule has 2 heterocycles. The number of imidazole rings is 1. The lowest BCUT2D eigenvalue weighted by Crippen LogP contribution is -2.30. The molecule has 2 aliphatic rings. The van der Waals surface area contributed by atoms with Crippen molar-refractivity contribution in [3.63, 3.8) is 0 Å². The van der Waals surface area contributed by atoms with E-state index in [-0.39, 0.29) is 11.1 Å². The first-order valence-electron chi connectivity index (χ1n) is 7.08. The first kappa shape index (κ1) is 14.0. The van der Waals surface area contributed by atoms with Crippen LogP contribution in [0, 0.1) is 12.8 Å². The monoisotopic (exact) mass is 299 g/mol. The first-order chi connectivity index (χ1) is 9.46. The Bertz CT molecular complexity index is 573. The summed E-state index contributed by atoms with van der Waals surface area (Å²) in [4.78, 5) is 4.13. The van der Waals surface area contributed by atoms with Crippen molar-refractivity contribution in [1.82, 2.24) is 13.9 Å². The smallest absolute Gasteiger partial charge is 0.262 e. The van der Waals surface area contributed by atoms with Crippen molar-refractivity contribution in [3.05, 3.63) is 12.0 Å². The normalized spacial score (nSPS) is 24.4. The third kappa shape index (κ3) is 2.75. The molecule has 2 fully saturated rings. The molecule has 1 saturated heterocycles. The molecule has 6 nitrogen and oxygen atoms in total. The average molecular weight is 299 g/mol. The summed E-state index contributed by atoms with van der Waals surface area (Å²) >= 11 is 0. The minimum Gasteiger partial charge on any atom is -0.377 e. The van der Waals surface area contributed by atoms with Crippen LogP contribution < -0.4 is 0 Å². The highest BCUT2D eigenvalue weighted by atomic mass is 32.2. The van der Waals surface area contributed by atoms with E-state index in [1.54, 1.807) is 24.7 Å². The fraction of sp³-hybridized carbons (Fsp3) is 0.769. The average Bonchev–Trinajstić information content (AvgIpc) is 2.99. The maximum absolute atomic E-state index is 12.5. The molecule has 20 heavy (non-hydrogen) atoms. The van der Waals surface area contributed by atoms with Gasteiger partial charge in [-0.15, -0.1) is 0 Å². The van der Waals surface area contributed by atoms with E-state index in [9.17, 15) is 8.42 Å². The van der Waals surface area contributed by atoms with Gasteiger partial charge in [0.1, 0.15) is 5.82 Å². The molecule has 0 aromatic carbocycles. The zero-order valence-electron chi connectivity index (χ0n) is 11.9. The summed E-state index contributed by atoms with van der Waals surface area (Å²) in [7, 11) is -1.68. The number of rotatable bonds is 5. The Labute approximate surface area is 119 Å². The van der Waals surface area contributed by atoms with Crippen LogP contribution >= 0.6 is 0 Å². The minimum atomic E-state index is -3.47. The lowest BCUT2D eigenvalue weighted by molar-refractivity contribution is 0.0561. The van der Waals surface area contributed by atoms with Crippen LogP contribution in [0.3, 0.4) is 0 Å². The Morgan fingerprint density at radius 3 is 2.75 bits per heavy atom. The fourth-order valence-electron chi connectivity index (χ4n) is 2.39. The lowest BCUT2D eigenvalue weighted by Gasteiger charge is -2.15. The molecule has 0 N–H and O–H groups in total. The number of sulfonamides is 1. The molecule has 7 heteroatoms. The molecule has 112 valence electrons. The second kappa shape index (κ2) is 5.13. The van der Waals surface area contributed by atoms with E-state index >= 15 is 0 Å². The summed E-state index contributed by atoms with van der Waals surface area (Å²) in [5, 5.41) is 0.139. The third-order valence-corrected chi connectivity index (χ3v) is 5.80. The highest BCUT2D eigenvalue weighted by Crippen LogP contribution is 2.30. The van der Waals surface area contributed by atoms with Gasteiger partial charge in [-0.25, -0.2) is 13.4 Å². The summed E-state index contributed by atoms with van der Waals surface area (Å²) in [6.45, 7) is 3.55. The van der Waals surface area contributed by atoms with E-state index in [0.717, 1.165) is 13.0 Å². The molecular weight excluding hydrogens is 278 g/mol. The Hall–Kier alpha value is -0.920. The number of nitrogens with zero attached hydrogens (tertiary/aromatic N) is 3. The maximum Gasteiger partial charge on any atom is 0.262 e. The van der Waals surface area contributed by atoms with Gasteiger partial charge in [-0.2, -0.15) is 4.31 Å². The Kier molecular flexibility index (Phi) is 3.60. The van der Waals surface area contributed by atoms with Gasteiger partial charge in [0.25, 0.3) is 10.0 Å². The van der Waals surface area contributed by atoms with Crippen LogP contribution in [-0.4, -0.2) is 48.1 Å². The van der Waals surface area contributed by atoms with E-state index in [0.29, 0.717) is 24.8 Å². The van der Waals surface area contributed by atoms with Crippen molar-refractivity contribution in [2.45, 2.75) is 37.3 Å². The molecule has 3 rings (SSSR count). The Balaban J connectivity index is 1.65. The number of hydrogen-bond donors (Lipinski definition) is 0. The van der Waals surface area contributed by atoms with Crippen molar-refractivity contribution in [2.24, 2.45) is 13.0 Å². The number of aromatic nitrogens is 2. The minimum absolute atomic E-state index is 0.0372. The Morgan fingerprint density at radius 1 is 1.40 bits per heavy atom. The molecule has 0 radical (unpaired) electrons. The molecular formula is C13H21N3O3S. The zero-order valence-corrected chi connectivity index (χ0v) is 12.8. The van der Waals surface area contributed by atoms with Gasteiger partial charge in [-0.05, 0) is 32.1 Å². The maximum atomic E-state index is 12.5. The molecule has 0 amide bonds. The van der Waals surface area contributed by atoms with Crippen molar-refractivity contribution < 1.29 is 13.2 Å². The first-order valence-corrected chi connectivity index (χ1v) is 8.52. The molecule has 1 aromatic rings. The summed E-state index contributed by atoms with van der Waals surface area (Å²) < 4.78 is 34.0. The van der Waals surface area contributed by atoms with Crippen LogP contribution in [0.1, 0.15) is 25.1 Å². The number of ether oxygens (including phenoxy) is 1. The van der Waals surface area contributed by atoms with E-state index < -0.39 is 10.0 Å². The van der Waals surface area contributed by atoms with Crippen LogP contribution in [0.15, 0.2) is 11.2 Å². The SMILES string of the molecule is Cc1nc(S(=O)(=O)N2CCC(OCC3CC3)C2)cn1C. The highest BCUT2D eigenvalue weighted by molar-refractivity contribution is 7.89. The predicted molar refractivity (Wildman–Crippen MR) is 73.8 cm³/mol. The van der Waals surface area contributed by atoms with Crippen LogP contribution in [-0.2, 0) is 21.8 Å². The summed E-state index contributed by atoms with van der Waals surface area (Å²) in [5.41, 5.74) is 0. The van der Waals surface area contributed by atoms with E-state index in [4.69, 9.17) is 4.74 Å². The zero-order chi connectivity index (χ0) is 14.3. The second-order valence-electron chi connectivity index (χ2n) is 5.79. The molecule has 1 aromatic heterocycles. The molecule has 1 atom stereocenters. The van der Waals surface area contributed by atoms with Gasteiger partial charge in [-0.1, -0.05) is 0 Å². The molecule has 0 bridgehead atoms. The molecule has 0 spiro atoms. The van der Waals surface area contributed by atoms with Gasteiger partial charge in [0, 0.05) is 32.9 Å². The number of aryl methyl sites for hydroxylation is 2. The van der Waals surface area contributed by atoms with Gasteiger partial charge in [0.05, 0.1) is 6.10 Å². The van der Waals surface area contributed by atoms with Crippen LogP contribution in [0.25, 0.3) is 0 Å². The standard InChI is InChI=1S/C13H21N3O3S/c1-10-14-13(8-15(10)2)20(17,18)16-6-5-12(7-16)19-9-11-3-4-11/h8,11-12H,3-7,9H2,1-2H3. The Morgan fingerprint density at radius 2 is 2.15 bits per heavy atom. The van der Waals surface area contributed by atoms with Gasteiger partial charge >= 0.3 is 0 Å². The number of hydrogen-bond acceptors (Lipinski definition) is 4. The third-order valence-electron chi connectivity index (χ3n) is 4.06. The van der Waals surface area contributed by atoms with Gasteiger partial charge in [-0.3, -0.25) is 0 Å². The van der Waals surface area contributed by atoms with Crippen LogP contribution in [0.4, 0.5) is 0 Å². The van der Waals surface area contributed by atoms with Gasteiger partial charge in [0.2, 0.25) is 0 Å². The summed E-state index contributed by atoms with van der Waals surface area (Å²) in [6, 6.07) is 0. The largest absolute Gasteiger partial charge is 0.377 e. The summed E-state index contributed by atoms with van der Waals surface area (Å²) in [5.74, 6) is 1.41. The van der Waals surface area contributed by atoms with Crippen LogP contribution in [0.5, 0.6) is 0 Å². The lowest BCUT2D eigenvalue weighted by atomic mass is 10.3. The fourth-order valence-corrected chi connectivity index (χ4v) is 3.90. The highest BCUT2D eigenvalue weighted by Gasteiger charge is 2.35. The van der Waals surface area contributed by atoms with Crippen molar-refractivity contribution >= 4 is 10.0 Å². The van der Waals surface area contributed by atoms with E-state index in [1.807, 2.05) is 0 Å². The van der Waals surface area contributed by atoms with Gasteiger partial charge < -0.3 is 9.30 Å². The van der Waals surface area contributed by atoms with Crippen LogP contribution in [0.2, 0.25) is 0 Å².